The molecule has 1 unspecified atom stereocenters. The fourth-order valence-corrected chi connectivity index (χ4v) is 4.32. The van der Waals surface area contributed by atoms with Gasteiger partial charge in [0.1, 0.15) is 6.10 Å². The predicted molar refractivity (Wildman–Crippen MR) is 122 cm³/mol. The summed E-state index contributed by atoms with van der Waals surface area (Å²) in [5.74, 6) is 0.688. The maximum Gasteiger partial charge on any atom is 0.191 e. The van der Waals surface area contributed by atoms with Crippen molar-refractivity contribution in [3.63, 3.8) is 0 Å². The zero-order valence-electron chi connectivity index (χ0n) is 14.7. The van der Waals surface area contributed by atoms with E-state index in [9.17, 15) is 5.11 Å². The van der Waals surface area contributed by atoms with Crippen molar-refractivity contribution in [3.05, 3.63) is 51.3 Å². The van der Waals surface area contributed by atoms with Crippen LogP contribution >= 0.6 is 46.7 Å². The first kappa shape index (κ1) is 21.1. The highest BCUT2D eigenvalue weighted by Crippen LogP contribution is 2.29. The average Bonchev–Trinajstić information content (AvgIpc) is 3.23. The van der Waals surface area contributed by atoms with Crippen molar-refractivity contribution in [1.82, 2.24) is 15.6 Å². The second-order valence-corrected chi connectivity index (χ2v) is 8.13. The fourth-order valence-electron chi connectivity index (χ4n) is 2.49. The molecular weight excluding hydrogens is 479 g/mol. The lowest BCUT2D eigenvalue weighted by atomic mass is 10.2. The van der Waals surface area contributed by atoms with Crippen LogP contribution in [-0.4, -0.2) is 36.2 Å². The van der Waals surface area contributed by atoms with Crippen LogP contribution in [-0.2, 0) is 6.42 Å². The van der Waals surface area contributed by atoms with Gasteiger partial charge in [0.2, 0.25) is 0 Å². The highest BCUT2D eigenvalue weighted by molar-refractivity contribution is 14.0. The Hall–Kier alpha value is -1.23. The molecule has 3 N–H and O–H groups in total. The number of rotatable bonds is 6. The summed E-state index contributed by atoms with van der Waals surface area (Å²) >= 11 is 3.34. The minimum absolute atomic E-state index is 0. The zero-order valence-corrected chi connectivity index (χ0v) is 18.7. The van der Waals surface area contributed by atoms with Gasteiger partial charge in [-0.05, 0) is 24.4 Å². The average molecular weight is 502 g/mol. The van der Waals surface area contributed by atoms with E-state index in [0.29, 0.717) is 12.5 Å². The van der Waals surface area contributed by atoms with E-state index in [1.54, 1.807) is 29.7 Å². The van der Waals surface area contributed by atoms with Gasteiger partial charge in [0.25, 0.3) is 0 Å². The Kier molecular flexibility index (Phi) is 8.26. The molecule has 0 aliphatic carbocycles. The molecule has 26 heavy (non-hydrogen) atoms. The fraction of sp³-hybridized carbons (Fsp3) is 0.333. The maximum absolute atomic E-state index is 10.4. The molecule has 140 valence electrons. The van der Waals surface area contributed by atoms with Crippen LogP contribution in [0.25, 0.3) is 10.1 Å². The third-order valence-corrected chi connectivity index (χ3v) is 5.95. The van der Waals surface area contributed by atoms with Gasteiger partial charge in [-0.1, -0.05) is 18.2 Å². The lowest BCUT2D eigenvalue weighted by Crippen LogP contribution is -2.40. The zero-order chi connectivity index (χ0) is 17.6. The summed E-state index contributed by atoms with van der Waals surface area (Å²) in [6.07, 6.45) is 2.20. The van der Waals surface area contributed by atoms with Gasteiger partial charge in [0, 0.05) is 47.2 Å². The van der Waals surface area contributed by atoms with Crippen molar-refractivity contribution in [1.29, 1.82) is 0 Å². The summed E-state index contributed by atoms with van der Waals surface area (Å²) in [4.78, 5) is 10.7. The second kappa shape index (κ2) is 10.2. The van der Waals surface area contributed by atoms with E-state index < -0.39 is 6.10 Å². The van der Waals surface area contributed by atoms with E-state index in [1.807, 2.05) is 24.4 Å². The molecule has 0 aliphatic heterocycles. The van der Waals surface area contributed by atoms with Crippen LogP contribution in [0.15, 0.2) is 41.5 Å². The largest absolute Gasteiger partial charge is 0.386 e. The van der Waals surface area contributed by atoms with Gasteiger partial charge in [-0.2, -0.15) is 0 Å². The van der Waals surface area contributed by atoms with Crippen LogP contribution in [0.5, 0.6) is 0 Å². The molecular formula is C18H23IN4OS2. The van der Waals surface area contributed by atoms with E-state index in [4.69, 9.17) is 0 Å². The molecule has 0 saturated carbocycles. The lowest BCUT2D eigenvalue weighted by Gasteiger charge is -2.14. The molecule has 0 fully saturated rings. The van der Waals surface area contributed by atoms with E-state index >= 15 is 0 Å². The smallest absolute Gasteiger partial charge is 0.191 e. The third kappa shape index (κ3) is 5.63. The maximum atomic E-state index is 10.4. The molecule has 8 heteroatoms. The Bertz CT molecular complexity index is 829. The van der Waals surface area contributed by atoms with E-state index in [-0.39, 0.29) is 24.0 Å². The molecule has 0 radical (unpaired) electrons. The second-order valence-electron chi connectivity index (χ2n) is 5.70. The van der Waals surface area contributed by atoms with E-state index in [1.165, 1.54) is 15.0 Å². The van der Waals surface area contributed by atoms with Gasteiger partial charge in [0.05, 0.1) is 5.01 Å². The Morgan fingerprint density at radius 1 is 1.27 bits per heavy atom. The number of hydrogen-bond acceptors (Lipinski definition) is 5. The molecule has 3 rings (SSSR count). The van der Waals surface area contributed by atoms with Crippen molar-refractivity contribution in [3.8, 4) is 0 Å². The Balaban J connectivity index is 0.00000243. The number of halogens is 1. The standard InChI is InChI=1S/C18H22N4OS2.HI/c1-12-10-21-17(24-12)7-8-20-18(19-2)22-11-14(23)16-9-13-5-3-4-6-15(13)25-16;/h3-6,9-10,14,23H,7-8,11H2,1-2H3,(H2,19,20,22);1H. The van der Waals surface area contributed by atoms with Crippen LogP contribution in [0.1, 0.15) is 20.9 Å². The minimum atomic E-state index is -0.558. The molecule has 0 spiro atoms. The number of thiazole rings is 1. The summed E-state index contributed by atoms with van der Waals surface area (Å²) in [6.45, 7) is 3.24. The van der Waals surface area contributed by atoms with Gasteiger partial charge < -0.3 is 15.7 Å². The number of benzene rings is 1. The number of thiophene rings is 1. The normalized spacial score (nSPS) is 12.7. The van der Waals surface area contributed by atoms with Crippen molar-refractivity contribution in [2.75, 3.05) is 20.1 Å². The van der Waals surface area contributed by atoms with Crippen molar-refractivity contribution < 1.29 is 5.11 Å². The van der Waals surface area contributed by atoms with Gasteiger partial charge in [-0.15, -0.1) is 46.7 Å². The molecule has 5 nitrogen and oxygen atoms in total. The van der Waals surface area contributed by atoms with Crippen LogP contribution in [0.2, 0.25) is 0 Å². The van der Waals surface area contributed by atoms with Crippen molar-refractivity contribution in [2.45, 2.75) is 19.4 Å². The van der Waals surface area contributed by atoms with Crippen LogP contribution in [0, 0.1) is 6.92 Å². The summed E-state index contributed by atoms with van der Waals surface area (Å²) in [6, 6.07) is 10.2. The number of aliphatic hydroxyl groups is 1. The molecule has 0 aliphatic rings. The summed E-state index contributed by atoms with van der Waals surface area (Å²) in [5.41, 5.74) is 0. The Morgan fingerprint density at radius 3 is 2.77 bits per heavy atom. The van der Waals surface area contributed by atoms with E-state index in [2.05, 4.69) is 39.7 Å². The number of aromatic nitrogens is 1. The molecule has 0 bridgehead atoms. The lowest BCUT2D eigenvalue weighted by molar-refractivity contribution is 0.184. The monoisotopic (exact) mass is 502 g/mol. The summed E-state index contributed by atoms with van der Waals surface area (Å²) in [5, 5.41) is 19.2. The SMILES string of the molecule is CN=C(NCCc1ncc(C)s1)NCC(O)c1cc2ccccc2s1.I. The minimum Gasteiger partial charge on any atom is -0.386 e. The summed E-state index contributed by atoms with van der Waals surface area (Å²) < 4.78 is 1.19. The topological polar surface area (TPSA) is 69.5 Å². The highest BCUT2D eigenvalue weighted by atomic mass is 127. The number of nitrogens with one attached hydrogen (secondary N) is 2. The summed E-state index contributed by atoms with van der Waals surface area (Å²) in [7, 11) is 1.73. The van der Waals surface area contributed by atoms with E-state index in [0.717, 1.165) is 22.9 Å². The molecule has 0 saturated heterocycles. The number of nitrogens with zero attached hydrogens (tertiary/aromatic N) is 2. The Morgan fingerprint density at radius 2 is 2.08 bits per heavy atom. The van der Waals surface area contributed by atoms with Gasteiger partial charge in [0.15, 0.2) is 5.96 Å². The van der Waals surface area contributed by atoms with Crippen molar-refractivity contribution >= 4 is 62.7 Å². The third-order valence-electron chi connectivity index (χ3n) is 3.76. The number of aliphatic hydroxyl groups excluding tert-OH is 1. The molecule has 1 aromatic carbocycles. The van der Waals surface area contributed by atoms with Crippen LogP contribution in [0.3, 0.4) is 0 Å². The number of hydrogen-bond donors (Lipinski definition) is 3. The van der Waals surface area contributed by atoms with Gasteiger partial charge in [-0.25, -0.2) is 4.98 Å². The highest BCUT2D eigenvalue weighted by Gasteiger charge is 2.12. The Labute approximate surface area is 178 Å². The number of aryl methyl sites for hydroxylation is 1. The molecule has 2 aromatic heterocycles. The molecule has 0 amide bonds. The number of guanidine groups is 1. The molecule has 3 aromatic rings. The van der Waals surface area contributed by atoms with Crippen LogP contribution in [0.4, 0.5) is 0 Å². The van der Waals surface area contributed by atoms with Gasteiger partial charge in [-0.3, -0.25) is 4.99 Å². The first-order valence-electron chi connectivity index (χ1n) is 8.18. The molecule has 1 atom stereocenters. The quantitative estimate of drug-likeness (QED) is 0.273. The predicted octanol–water partition coefficient (Wildman–Crippen LogP) is 3.73. The first-order chi connectivity index (χ1) is 12.2. The molecule has 2 heterocycles. The van der Waals surface area contributed by atoms with Crippen molar-refractivity contribution in [2.24, 2.45) is 4.99 Å². The first-order valence-corrected chi connectivity index (χ1v) is 9.81. The number of fused-ring (bicyclic) bond motifs is 1. The number of aliphatic imine (C=N–C) groups is 1. The van der Waals surface area contributed by atoms with Gasteiger partial charge >= 0.3 is 0 Å². The van der Waals surface area contributed by atoms with Crippen LogP contribution < -0.4 is 10.6 Å².